The Bertz CT molecular complexity index is 401. The molecule has 1 atom stereocenters. The van der Waals surface area contributed by atoms with Crippen LogP contribution in [0.5, 0.6) is 0 Å². The molecule has 1 heterocycles. The van der Waals surface area contributed by atoms with Gasteiger partial charge in [0.25, 0.3) is 0 Å². The van der Waals surface area contributed by atoms with Crippen molar-refractivity contribution in [3.05, 3.63) is 30.1 Å². The molecule has 2 rings (SSSR count). The van der Waals surface area contributed by atoms with E-state index in [-0.39, 0.29) is 17.9 Å². The van der Waals surface area contributed by atoms with Gasteiger partial charge in [-0.25, -0.2) is 9.18 Å². The molecule has 98 valence electrons. The number of hydrogen-bond donors (Lipinski definition) is 2. The minimum atomic E-state index is -0.308. The van der Waals surface area contributed by atoms with Gasteiger partial charge >= 0.3 is 6.03 Å². The number of halogens is 1. The number of benzene rings is 1. The number of hydrogen-bond acceptors (Lipinski definition) is 2. The number of anilines is 1. The van der Waals surface area contributed by atoms with Crippen molar-refractivity contribution in [2.24, 2.45) is 0 Å². The van der Waals surface area contributed by atoms with Gasteiger partial charge < -0.3 is 15.5 Å². The van der Waals surface area contributed by atoms with Gasteiger partial charge in [0.05, 0.1) is 0 Å². The molecule has 0 bridgehead atoms. The predicted octanol–water partition coefficient (Wildman–Crippen LogP) is 2.04. The number of carbonyl (C=O) groups is 1. The fraction of sp³-hybridized carbons (Fsp3) is 0.462. The second kappa shape index (κ2) is 5.82. The van der Waals surface area contributed by atoms with Gasteiger partial charge in [0.1, 0.15) is 5.82 Å². The molecule has 0 aromatic heterocycles. The first-order chi connectivity index (χ1) is 8.66. The Labute approximate surface area is 106 Å². The van der Waals surface area contributed by atoms with Crippen molar-refractivity contribution in [3.63, 3.8) is 0 Å². The number of amides is 2. The van der Waals surface area contributed by atoms with Gasteiger partial charge in [-0.3, -0.25) is 0 Å². The van der Waals surface area contributed by atoms with E-state index >= 15 is 0 Å². The largest absolute Gasteiger partial charge is 0.323 e. The Balaban J connectivity index is 1.92. The fourth-order valence-corrected chi connectivity index (χ4v) is 2.07. The van der Waals surface area contributed by atoms with Crippen LogP contribution in [0.1, 0.15) is 12.8 Å². The molecule has 18 heavy (non-hydrogen) atoms. The molecular formula is C13H18FN3O. The van der Waals surface area contributed by atoms with Gasteiger partial charge in [0.15, 0.2) is 0 Å². The lowest BCUT2D eigenvalue weighted by atomic mass is 10.1. The van der Waals surface area contributed by atoms with Crippen LogP contribution >= 0.6 is 0 Å². The average molecular weight is 251 g/mol. The zero-order chi connectivity index (χ0) is 13.0. The Kier molecular flexibility index (Phi) is 4.15. The fourth-order valence-electron chi connectivity index (χ4n) is 2.07. The molecule has 4 nitrogen and oxygen atoms in total. The lowest BCUT2D eigenvalue weighted by molar-refractivity contribution is 0.191. The normalized spacial score (nSPS) is 19.3. The molecule has 0 aliphatic carbocycles. The summed E-state index contributed by atoms with van der Waals surface area (Å²) in [6.45, 7) is 1.84. The number of nitrogens with zero attached hydrogens (tertiary/aromatic N) is 1. The zero-order valence-electron chi connectivity index (χ0n) is 10.4. The first-order valence-electron chi connectivity index (χ1n) is 6.17. The molecule has 1 aliphatic heterocycles. The van der Waals surface area contributed by atoms with Gasteiger partial charge in [0, 0.05) is 25.3 Å². The van der Waals surface area contributed by atoms with Crippen LogP contribution in [0.2, 0.25) is 0 Å². The maximum atomic E-state index is 12.7. The van der Waals surface area contributed by atoms with Gasteiger partial charge in [-0.15, -0.1) is 0 Å². The van der Waals surface area contributed by atoms with Crippen LogP contribution in [-0.2, 0) is 0 Å². The Morgan fingerprint density at radius 3 is 2.78 bits per heavy atom. The van der Waals surface area contributed by atoms with Crippen LogP contribution < -0.4 is 10.6 Å². The van der Waals surface area contributed by atoms with Crippen molar-refractivity contribution in [2.45, 2.75) is 18.9 Å². The summed E-state index contributed by atoms with van der Waals surface area (Å²) in [5.41, 5.74) is 0.608. The monoisotopic (exact) mass is 251 g/mol. The standard InChI is InChI=1S/C13H18FN3O/c1-17(12-3-2-8-15-9-12)13(18)16-11-6-4-10(14)5-7-11/h4-7,12,15H,2-3,8-9H2,1H3,(H,16,18). The van der Waals surface area contributed by atoms with Crippen molar-refractivity contribution in [1.29, 1.82) is 0 Å². The van der Waals surface area contributed by atoms with Crippen molar-refractivity contribution < 1.29 is 9.18 Å². The highest BCUT2D eigenvalue weighted by atomic mass is 19.1. The summed E-state index contributed by atoms with van der Waals surface area (Å²) in [5.74, 6) is -0.308. The lowest BCUT2D eigenvalue weighted by Crippen LogP contribution is -2.48. The topological polar surface area (TPSA) is 44.4 Å². The van der Waals surface area contributed by atoms with Crippen LogP contribution in [0.25, 0.3) is 0 Å². The minimum Gasteiger partial charge on any atom is -0.323 e. The third-order valence-electron chi connectivity index (χ3n) is 3.23. The smallest absolute Gasteiger partial charge is 0.321 e. The second-order valence-electron chi connectivity index (χ2n) is 4.55. The summed E-state index contributed by atoms with van der Waals surface area (Å²) in [4.78, 5) is 13.7. The van der Waals surface area contributed by atoms with E-state index in [0.717, 1.165) is 25.9 Å². The molecule has 0 saturated carbocycles. The summed E-state index contributed by atoms with van der Waals surface area (Å²) >= 11 is 0. The van der Waals surface area contributed by atoms with Crippen LogP contribution in [-0.4, -0.2) is 37.1 Å². The zero-order valence-corrected chi connectivity index (χ0v) is 10.4. The number of urea groups is 1. The molecular weight excluding hydrogens is 233 g/mol. The van der Waals surface area contributed by atoms with Crippen LogP contribution in [0.4, 0.5) is 14.9 Å². The van der Waals surface area contributed by atoms with Crippen molar-refractivity contribution in [3.8, 4) is 0 Å². The van der Waals surface area contributed by atoms with Crippen molar-refractivity contribution >= 4 is 11.7 Å². The van der Waals surface area contributed by atoms with Crippen molar-refractivity contribution in [1.82, 2.24) is 10.2 Å². The van der Waals surface area contributed by atoms with Crippen molar-refractivity contribution in [2.75, 3.05) is 25.5 Å². The summed E-state index contributed by atoms with van der Waals surface area (Å²) in [7, 11) is 1.79. The number of carbonyl (C=O) groups excluding carboxylic acids is 1. The van der Waals surface area contributed by atoms with E-state index in [1.54, 1.807) is 24.1 Å². The Morgan fingerprint density at radius 2 is 2.17 bits per heavy atom. The highest BCUT2D eigenvalue weighted by molar-refractivity contribution is 5.89. The highest BCUT2D eigenvalue weighted by Crippen LogP contribution is 2.12. The molecule has 1 aromatic carbocycles. The van der Waals surface area contributed by atoms with Gasteiger partial charge in [0.2, 0.25) is 0 Å². The Morgan fingerprint density at radius 1 is 1.44 bits per heavy atom. The molecule has 1 fully saturated rings. The molecule has 1 saturated heterocycles. The SMILES string of the molecule is CN(C(=O)Nc1ccc(F)cc1)C1CCCNC1. The van der Waals surface area contributed by atoms with Crippen LogP contribution in [0.3, 0.4) is 0 Å². The number of nitrogens with one attached hydrogen (secondary N) is 2. The average Bonchev–Trinajstić information content (AvgIpc) is 2.41. The van der Waals surface area contributed by atoms with Gasteiger partial charge in [-0.2, -0.15) is 0 Å². The van der Waals surface area contributed by atoms with E-state index in [4.69, 9.17) is 0 Å². The molecule has 1 unspecified atom stereocenters. The van der Waals surface area contributed by atoms with E-state index in [1.807, 2.05) is 0 Å². The number of piperidine rings is 1. The van der Waals surface area contributed by atoms with Gasteiger partial charge in [-0.05, 0) is 43.7 Å². The molecule has 0 spiro atoms. The molecule has 2 N–H and O–H groups in total. The van der Waals surface area contributed by atoms with Crippen LogP contribution in [0.15, 0.2) is 24.3 Å². The lowest BCUT2D eigenvalue weighted by Gasteiger charge is -2.31. The van der Waals surface area contributed by atoms with E-state index < -0.39 is 0 Å². The molecule has 1 aliphatic rings. The predicted molar refractivity (Wildman–Crippen MR) is 69.1 cm³/mol. The molecule has 5 heteroatoms. The quantitative estimate of drug-likeness (QED) is 0.845. The van der Waals surface area contributed by atoms with E-state index in [9.17, 15) is 9.18 Å². The van der Waals surface area contributed by atoms with Gasteiger partial charge in [-0.1, -0.05) is 0 Å². The number of likely N-dealkylation sites (N-methyl/N-ethyl adjacent to an activating group) is 1. The molecule has 1 aromatic rings. The molecule has 0 radical (unpaired) electrons. The summed E-state index contributed by atoms with van der Waals surface area (Å²) in [5, 5.41) is 6.03. The Hall–Kier alpha value is -1.62. The second-order valence-corrected chi connectivity index (χ2v) is 4.55. The summed E-state index contributed by atoms with van der Waals surface area (Å²) in [6, 6.07) is 5.84. The third kappa shape index (κ3) is 3.20. The number of rotatable bonds is 2. The maximum absolute atomic E-state index is 12.7. The highest BCUT2D eigenvalue weighted by Gasteiger charge is 2.21. The van der Waals surface area contributed by atoms with E-state index in [0.29, 0.717) is 5.69 Å². The first-order valence-corrected chi connectivity index (χ1v) is 6.17. The van der Waals surface area contributed by atoms with Crippen LogP contribution in [0, 0.1) is 5.82 Å². The van der Waals surface area contributed by atoms with E-state index in [2.05, 4.69) is 10.6 Å². The minimum absolute atomic E-state index is 0.157. The molecule has 2 amide bonds. The van der Waals surface area contributed by atoms with E-state index in [1.165, 1.54) is 12.1 Å². The first kappa shape index (κ1) is 12.8. The summed E-state index contributed by atoms with van der Waals surface area (Å²) in [6.07, 6.45) is 2.10. The third-order valence-corrected chi connectivity index (χ3v) is 3.23. The summed E-state index contributed by atoms with van der Waals surface area (Å²) < 4.78 is 12.7. The maximum Gasteiger partial charge on any atom is 0.321 e.